The van der Waals surface area contributed by atoms with Crippen LogP contribution in [0.3, 0.4) is 0 Å². The van der Waals surface area contributed by atoms with E-state index in [4.69, 9.17) is 0 Å². The minimum atomic E-state index is 0.325. The predicted octanol–water partition coefficient (Wildman–Crippen LogP) is 0.783. The summed E-state index contributed by atoms with van der Waals surface area (Å²) in [6.45, 7) is 1.89. The van der Waals surface area contributed by atoms with Gasteiger partial charge in [-0.2, -0.15) is 0 Å². The van der Waals surface area contributed by atoms with Gasteiger partial charge in [0.2, 0.25) is 0 Å². The van der Waals surface area contributed by atoms with Crippen LogP contribution in [0.1, 0.15) is 16.2 Å². The summed E-state index contributed by atoms with van der Waals surface area (Å²) in [4.78, 5) is 22.4. The van der Waals surface area contributed by atoms with Gasteiger partial charge in [0.15, 0.2) is 12.1 Å². The average molecular weight is 188 g/mol. The Labute approximate surface area is 80.5 Å². The highest BCUT2D eigenvalue weighted by atomic mass is 16.1. The molecule has 2 rings (SSSR count). The third-order valence-electron chi connectivity index (χ3n) is 1.76. The van der Waals surface area contributed by atoms with Gasteiger partial charge in [0, 0.05) is 6.20 Å². The third kappa shape index (κ3) is 1.52. The summed E-state index contributed by atoms with van der Waals surface area (Å²) in [5, 5.41) is 0. The number of aryl methyl sites for hydroxylation is 1. The second kappa shape index (κ2) is 3.37. The molecule has 2 aromatic rings. The lowest BCUT2D eigenvalue weighted by Gasteiger charge is -1.98. The van der Waals surface area contributed by atoms with Crippen LogP contribution in [-0.4, -0.2) is 25.8 Å². The zero-order valence-corrected chi connectivity index (χ0v) is 7.58. The first-order valence-corrected chi connectivity index (χ1v) is 4.08. The molecular weight excluding hydrogens is 180 g/mol. The fourth-order valence-electron chi connectivity index (χ4n) is 1.07. The maximum Gasteiger partial charge on any atom is 0.170 e. The van der Waals surface area contributed by atoms with Crippen LogP contribution in [-0.2, 0) is 0 Å². The van der Waals surface area contributed by atoms with Gasteiger partial charge in [0.1, 0.15) is 12.0 Å². The number of aldehydes is 1. The van der Waals surface area contributed by atoms with Crippen molar-refractivity contribution in [1.29, 1.82) is 0 Å². The number of hydrogen-bond acceptors (Lipinski definition) is 4. The van der Waals surface area contributed by atoms with E-state index in [-0.39, 0.29) is 0 Å². The van der Waals surface area contributed by atoms with Crippen molar-refractivity contribution >= 4 is 6.29 Å². The Kier molecular flexibility index (Phi) is 2.06. The molecule has 0 atom stereocenters. The quantitative estimate of drug-likeness (QED) is 0.653. The van der Waals surface area contributed by atoms with E-state index in [1.54, 1.807) is 10.9 Å². The van der Waals surface area contributed by atoms with Crippen LogP contribution in [0.25, 0.3) is 5.82 Å². The number of carbonyl (C=O) groups excluding carboxylic acids is 1. The minimum absolute atomic E-state index is 0.325. The zero-order chi connectivity index (χ0) is 9.97. The van der Waals surface area contributed by atoms with E-state index in [0.717, 1.165) is 5.69 Å². The Morgan fingerprint density at radius 1 is 1.29 bits per heavy atom. The van der Waals surface area contributed by atoms with E-state index in [0.29, 0.717) is 17.8 Å². The molecule has 0 aromatic carbocycles. The lowest BCUT2D eigenvalue weighted by Crippen LogP contribution is -1.97. The Bertz CT molecular complexity index is 446. The van der Waals surface area contributed by atoms with Crippen LogP contribution in [0.4, 0.5) is 0 Å². The van der Waals surface area contributed by atoms with Crippen molar-refractivity contribution in [2.24, 2.45) is 0 Å². The van der Waals surface area contributed by atoms with E-state index in [1.165, 1.54) is 12.4 Å². The van der Waals surface area contributed by atoms with Crippen LogP contribution in [0.5, 0.6) is 0 Å². The lowest BCUT2D eigenvalue weighted by molar-refractivity contribution is 0.111. The molecule has 5 heteroatoms. The molecule has 5 nitrogen and oxygen atoms in total. The van der Waals surface area contributed by atoms with Crippen molar-refractivity contribution < 1.29 is 4.79 Å². The number of nitrogens with zero attached hydrogens (tertiary/aromatic N) is 4. The number of aromatic nitrogens is 4. The molecule has 70 valence electrons. The van der Waals surface area contributed by atoms with E-state index >= 15 is 0 Å². The summed E-state index contributed by atoms with van der Waals surface area (Å²) < 4.78 is 1.75. The molecule has 14 heavy (non-hydrogen) atoms. The molecule has 0 aliphatic carbocycles. The molecule has 0 fully saturated rings. The van der Waals surface area contributed by atoms with Gasteiger partial charge in [-0.15, -0.1) is 0 Å². The van der Waals surface area contributed by atoms with Gasteiger partial charge in [0.05, 0.1) is 18.1 Å². The van der Waals surface area contributed by atoms with Crippen LogP contribution in [0.2, 0.25) is 0 Å². The smallest absolute Gasteiger partial charge is 0.170 e. The molecule has 0 bridgehead atoms. The summed E-state index contributed by atoms with van der Waals surface area (Å²) in [5.74, 6) is 0.649. The molecule has 2 heterocycles. The van der Waals surface area contributed by atoms with Crippen molar-refractivity contribution in [1.82, 2.24) is 19.5 Å². The Balaban J connectivity index is 2.38. The molecule has 0 spiro atoms. The summed E-state index contributed by atoms with van der Waals surface area (Å²) in [5.41, 5.74) is 1.23. The maximum absolute atomic E-state index is 10.3. The van der Waals surface area contributed by atoms with Gasteiger partial charge in [-0.1, -0.05) is 0 Å². The molecule has 0 radical (unpaired) electrons. The van der Waals surface area contributed by atoms with Crippen molar-refractivity contribution in [2.45, 2.75) is 6.92 Å². The highest BCUT2D eigenvalue weighted by Crippen LogP contribution is 2.03. The standard InChI is InChI=1S/C9H8N4O/c1-7-4-13(6-12-7)9-3-10-8(5-14)2-11-9/h2-6H,1H3. The van der Waals surface area contributed by atoms with Gasteiger partial charge < -0.3 is 0 Å². The van der Waals surface area contributed by atoms with Crippen molar-refractivity contribution in [2.75, 3.05) is 0 Å². The van der Waals surface area contributed by atoms with Crippen LogP contribution in [0.15, 0.2) is 24.9 Å². The molecule has 0 saturated heterocycles. The number of carbonyl (C=O) groups is 1. The lowest BCUT2D eigenvalue weighted by atomic mass is 10.5. The summed E-state index contributed by atoms with van der Waals surface area (Å²) in [6, 6.07) is 0. The monoisotopic (exact) mass is 188 g/mol. The molecule has 0 N–H and O–H groups in total. The van der Waals surface area contributed by atoms with Gasteiger partial charge in [0.25, 0.3) is 0 Å². The number of hydrogen-bond donors (Lipinski definition) is 0. The Morgan fingerprint density at radius 3 is 2.64 bits per heavy atom. The number of rotatable bonds is 2. The molecule has 0 unspecified atom stereocenters. The van der Waals surface area contributed by atoms with E-state index < -0.39 is 0 Å². The van der Waals surface area contributed by atoms with Crippen LogP contribution in [0, 0.1) is 6.92 Å². The van der Waals surface area contributed by atoms with E-state index in [9.17, 15) is 4.79 Å². The molecule has 0 amide bonds. The minimum Gasteiger partial charge on any atom is -0.296 e. The summed E-state index contributed by atoms with van der Waals surface area (Å²) >= 11 is 0. The Morgan fingerprint density at radius 2 is 2.14 bits per heavy atom. The molecule has 0 aliphatic rings. The van der Waals surface area contributed by atoms with Crippen LogP contribution >= 0.6 is 0 Å². The average Bonchev–Trinajstić information content (AvgIpc) is 2.65. The normalized spacial score (nSPS) is 10.1. The fraction of sp³-hybridized carbons (Fsp3) is 0.111. The highest BCUT2D eigenvalue weighted by Gasteiger charge is 1.99. The first kappa shape index (κ1) is 8.55. The SMILES string of the molecule is Cc1cn(-c2cnc(C=O)cn2)cn1. The topological polar surface area (TPSA) is 60.7 Å². The molecule has 0 saturated carbocycles. The summed E-state index contributed by atoms with van der Waals surface area (Å²) in [6.07, 6.45) is 7.11. The highest BCUT2D eigenvalue weighted by molar-refractivity contribution is 5.70. The van der Waals surface area contributed by atoms with Crippen LogP contribution < -0.4 is 0 Å². The van der Waals surface area contributed by atoms with Crippen molar-refractivity contribution in [3.05, 3.63) is 36.3 Å². The third-order valence-corrected chi connectivity index (χ3v) is 1.76. The Hall–Kier alpha value is -2.04. The van der Waals surface area contributed by atoms with Gasteiger partial charge in [-0.3, -0.25) is 9.36 Å². The first-order valence-electron chi connectivity index (χ1n) is 4.08. The zero-order valence-electron chi connectivity index (χ0n) is 7.58. The largest absolute Gasteiger partial charge is 0.296 e. The first-order chi connectivity index (χ1) is 6.79. The molecular formula is C9H8N4O. The molecule has 2 aromatic heterocycles. The van der Waals surface area contributed by atoms with E-state index in [2.05, 4.69) is 15.0 Å². The fourth-order valence-corrected chi connectivity index (χ4v) is 1.07. The van der Waals surface area contributed by atoms with E-state index in [1.807, 2.05) is 13.1 Å². The second-order valence-corrected chi connectivity index (χ2v) is 2.84. The van der Waals surface area contributed by atoms with Gasteiger partial charge >= 0.3 is 0 Å². The van der Waals surface area contributed by atoms with Gasteiger partial charge in [-0.05, 0) is 6.92 Å². The predicted molar refractivity (Wildman–Crippen MR) is 49.3 cm³/mol. The number of imidazole rings is 1. The maximum atomic E-state index is 10.3. The van der Waals surface area contributed by atoms with Crippen molar-refractivity contribution in [3.63, 3.8) is 0 Å². The van der Waals surface area contributed by atoms with Crippen molar-refractivity contribution in [3.8, 4) is 5.82 Å². The van der Waals surface area contributed by atoms with Gasteiger partial charge in [-0.25, -0.2) is 15.0 Å². The second-order valence-electron chi connectivity index (χ2n) is 2.84. The molecule has 0 aliphatic heterocycles. The summed E-state index contributed by atoms with van der Waals surface area (Å²) in [7, 11) is 0.